The number of hydrogen-bond acceptors (Lipinski definition) is 4. The molecule has 0 N–H and O–H groups in total. The van der Waals surface area contributed by atoms with Crippen LogP contribution in [0.15, 0.2) is 39.7 Å². The van der Waals surface area contributed by atoms with Crippen molar-refractivity contribution >= 4 is 22.3 Å². The minimum absolute atomic E-state index is 0.161. The summed E-state index contributed by atoms with van der Waals surface area (Å²) in [4.78, 5) is 8.26. The molecule has 3 aliphatic heterocycles. The van der Waals surface area contributed by atoms with Gasteiger partial charge in [-0.3, -0.25) is 0 Å². The number of hydrogen-bond donors (Lipinski definition) is 0. The van der Waals surface area contributed by atoms with E-state index in [4.69, 9.17) is 4.74 Å². The zero-order chi connectivity index (χ0) is 14.4. The molecular formula is C15H13BrFN3O. The molecule has 6 heteroatoms. The molecule has 4 nitrogen and oxygen atoms in total. The number of aliphatic imine (C=N–C) groups is 1. The predicted molar refractivity (Wildman–Crippen MR) is 81.4 cm³/mol. The lowest BCUT2D eigenvalue weighted by Gasteiger charge is -2.21. The van der Waals surface area contributed by atoms with Crippen LogP contribution >= 0.6 is 15.9 Å². The van der Waals surface area contributed by atoms with Crippen LogP contribution in [0.2, 0.25) is 0 Å². The summed E-state index contributed by atoms with van der Waals surface area (Å²) < 4.78 is 20.6. The van der Waals surface area contributed by atoms with E-state index in [2.05, 4.69) is 25.8 Å². The zero-order valence-electron chi connectivity index (χ0n) is 11.2. The number of allylic oxidation sites excluding steroid dienone is 1. The van der Waals surface area contributed by atoms with Crippen molar-refractivity contribution in [2.75, 3.05) is 13.3 Å². The molecule has 0 spiro atoms. The smallest absolute Gasteiger partial charge is 0.128 e. The highest BCUT2D eigenvalue weighted by Crippen LogP contribution is 2.33. The second-order valence-corrected chi connectivity index (χ2v) is 6.07. The largest absolute Gasteiger partial charge is 0.493 e. The fourth-order valence-corrected chi connectivity index (χ4v) is 3.34. The Morgan fingerprint density at radius 3 is 3.14 bits per heavy atom. The molecule has 0 aromatic heterocycles. The van der Waals surface area contributed by atoms with Crippen LogP contribution in [0.4, 0.5) is 4.39 Å². The van der Waals surface area contributed by atoms with Crippen molar-refractivity contribution in [2.24, 2.45) is 4.99 Å². The molecule has 0 bridgehead atoms. The number of rotatable bonds is 2. The maximum Gasteiger partial charge on any atom is 0.128 e. The summed E-state index contributed by atoms with van der Waals surface area (Å²) in [6.45, 7) is 1.85. The van der Waals surface area contributed by atoms with Crippen molar-refractivity contribution in [1.29, 1.82) is 0 Å². The van der Waals surface area contributed by atoms with Crippen LogP contribution in [-0.4, -0.2) is 29.4 Å². The van der Waals surface area contributed by atoms with Gasteiger partial charge in [-0.15, -0.1) is 0 Å². The van der Waals surface area contributed by atoms with Crippen LogP contribution in [0.25, 0.3) is 0 Å². The molecule has 0 fully saturated rings. The molecule has 0 saturated carbocycles. The Hall–Kier alpha value is -1.82. The summed E-state index contributed by atoms with van der Waals surface area (Å²) in [7, 11) is 0. The molecule has 0 radical (unpaired) electrons. The molecule has 3 aliphatic rings. The normalized spacial score (nSPS) is 19.1. The summed E-state index contributed by atoms with van der Waals surface area (Å²) in [6.07, 6.45) is 6.36. The fraction of sp³-hybridized carbons (Fsp3) is 0.267. The number of ether oxygens (including phenoxy) is 1. The van der Waals surface area contributed by atoms with Crippen LogP contribution in [0, 0.1) is 5.82 Å². The van der Waals surface area contributed by atoms with Crippen LogP contribution < -0.4 is 4.74 Å². The van der Waals surface area contributed by atoms with Crippen molar-refractivity contribution in [1.82, 2.24) is 9.80 Å². The molecule has 1 aromatic carbocycles. The molecule has 1 aromatic rings. The van der Waals surface area contributed by atoms with Gasteiger partial charge in [-0.05, 0) is 28.1 Å². The Morgan fingerprint density at radius 1 is 1.38 bits per heavy atom. The second kappa shape index (κ2) is 4.87. The predicted octanol–water partition coefficient (Wildman–Crippen LogP) is 2.96. The van der Waals surface area contributed by atoms with Crippen LogP contribution in [0.5, 0.6) is 5.75 Å². The van der Waals surface area contributed by atoms with Gasteiger partial charge < -0.3 is 14.5 Å². The monoisotopic (exact) mass is 349 g/mol. The van der Waals surface area contributed by atoms with Crippen LogP contribution in [0.3, 0.4) is 0 Å². The maximum atomic E-state index is 14.2. The Bertz CT molecular complexity index is 698. The summed E-state index contributed by atoms with van der Waals surface area (Å²) in [5.41, 5.74) is 2.79. The van der Waals surface area contributed by atoms with E-state index in [0.29, 0.717) is 19.8 Å². The average Bonchev–Trinajstić information content (AvgIpc) is 3.09. The van der Waals surface area contributed by atoms with Gasteiger partial charge in [0.15, 0.2) is 0 Å². The van der Waals surface area contributed by atoms with Gasteiger partial charge in [-0.25, -0.2) is 9.38 Å². The molecule has 3 heterocycles. The minimum atomic E-state index is -0.161. The Kier molecular flexibility index (Phi) is 2.99. The van der Waals surface area contributed by atoms with Crippen molar-refractivity contribution in [2.45, 2.75) is 13.0 Å². The van der Waals surface area contributed by atoms with E-state index < -0.39 is 0 Å². The topological polar surface area (TPSA) is 28.1 Å². The highest BCUT2D eigenvalue weighted by atomic mass is 79.9. The van der Waals surface area contributed by atoms with Crippen LogP contribution in [0.1, 0.15) is 11.1 Å². The number of fused-ring (bicyclic) bond motifs is 2. The van der Waals surface area contributed by atoms with Gasteiger partial charge in [0.25, 0.3) is 0 Å². The first-order chi connectivity index (χ1) is 10.2. The zero-order valence-corrected chi connectivity index (χ0v) is 12.8. The van der Waals surface area contributed by atoms with Gasteiger partial charge in [0, 0.05) is 36.5 Å². The average molecular weight is 350 g/mol. The summed E-state index contributed by atoms with van der Waals surface area (Å²) >= 11 is 3.49. The quantitative estimate of drug-likeness (QED) is 0.821. The maximum absolute atomic E-state index is 14.2. The lowest BCUT2D eigenvalue weighted by Crippen LogP contribution is -2.27. The van der Waals surface area contributed by atoms with Gasteiger partial charge in [0.2, 0.25) is 0 Å². The number of halogens is 2. The lowest BCUT2D eigenvalue weighted by molar-refractivity contribution is 0.318. The van der Waals surface area contributed by atoms with Gasteiger partial charge in [-0.2, -0.15) is 0 Å². The third kappa shape index (κ3) is 2.14. The Morgan fingerprint density at radius 2 is 2.29 bits per heavy atom. The fourth-order valence-electron chi connectivity index (χ4n) is 2.89. The standard InChI is InChI=1S/C15H13BrFN3O/c16-12-5-18-8-20-9-19(7-14(12)20)6-11-10-3-4-21-15(10)2-1-13(11)17/h1-2,5,7-8H,3-4,6,9H2. The first-order valence-corrected chi connectivity index (χ1v) is 7.56. The van der Waals surface area contributed by atoms with Crippen molar-refractivity contribution in [3.8, 4) is 5.75 Å². The highest BCUT2D eigenvalue weighted by Gasteiger charge is 2.26. The highest BCUT2D eigenvalue weighted by molar-refractivity contribution is 9.12. The van der Waals surface area contributed by atoms with E-state index in [1.807, 2.05) is 11.1 Å². The van der Waals surface area contributed by atoms with Crippen molar-refractivity contribution in [3.63, 3.8) is 0 Å². The van der Waals surface area contributed by atoms with Crippen LogP contribution in [-0.2, 0) is 13.0 Å². The van der Waals surface area contributed by atoms with Gasteiger partial charge in [-0.1, -0.05) is 0 Å². The van der Waals surface area contributed by atoms with Gasteiger partial charge in [0.05, 0.1) is 29.8 Å². The van der Waals surface area contributed by atoms with E-state index in [1.165, 1.54) is 6.07 Å². The summed E-state index contributed by atoms with van der Waals surface area (Å²) in [6, 6.07) is 3.21. The third-order valence-corrected chi connectivity index (χ3v) is 4.50. The molecule has 0 amide bonds. The molecule has 0 saturated heterocycles. The molecule has 21 heavy (non-hydrogen) atoms. The molecule has 0 atom stereocenters. The van der Waals surface area contributed by atoms with Crippen molar-refractivity contribution < 1.29 is 9.13 Å². The van der Waals surface area contributed by atoms with E-state index in [-0.39, 0.29) is 5.82 Å². The lowest BCUT2D eigenvalue weighted by atomic mass is 10.0. The van der Waals surface area contributed by atoms with E-state index >= 15 is 0 Å². The summed E-state index contributed by atoms with van der Waals surface area (Å²) in [5, 5.41) is 0. The first kappa shape index (κ1) is 12.9. The Balaban J connectivity index is 1.63. The molecule has 0 aliphatic carbocycles. The van der Waals surface area contributed by atoms with E-state index in [9.17, 15) is 4.39 Å². The molecule has 108 valence electrons. The molecular weight excluding hydrogens is 337 g/mol. The molecule has 0 unspecified atom stereocenters. The van der Waals surface area contributed by atoms with Gasteiger partial charge in [0.1, 0.15) is 11.6 Å². The first-order valence-electron chi connectivity index (χ1n) is 6.77. The van der Waals surface area contributed by atoms with E-state index in [0.717, 1.165) is 33.5 Å². The molecule has 4 rings (SSSR count). The summed E-state index contributed by atoms with van der Waals surface area (Å²) in [5.74, 6) is 0.657. The number of nitrogens with zero attached hydrogens (tertiary/aromatic N) is 3. The van der Waals surface area contributed by atoms with E-state index in [1.54, 1.807) is 18.6 Å². The van der Waals surface area contributed by atoms with Gasteiger partial charge >= 0.3 is 0 Å². The number of benzene rings is 1. The minimum Gasteiger partial charge on any atom is -0.493 e. The third-order valence-electron chi connectivity index (χ3n) is 3.89. The Labute approximate surface area is 130 Å². The van der Waals surface area contributed by atoms with Crippen molar-refractivity contribution in [3.05, 3.63) is 51.7 Å². The second-order valence-electron chi connectivity index (χ2n) is 5.22. The SMILES string of the molecule is Fc1ccc2c(c1CN1C=C3C(Br)=CN=CN3C1)CCO2.